The number of likely N-dealkylation sites (tertiary alicyclic amines) is 3. The van der Waals surface area contributed by atoms with Crippen molar-refractivity contribution >= 4 is 5.78 Å². The van der Waals surface area contributed by atoms with Crippen molar-refractivity contribution in [2.24, 2.45) is 22.7 Å². The summed E-state index contributed by atoms with van der Waals surface area (Å²) in [4.78, 5) is 20.4. The van der Waals surface area contributed by atoms with E-state index >= 15 is 0 Å². The second-order valence-corrected chi connectivity index (χ2v) is 26.4. The number of benzene rings is 3. The monoisotopic (exact) mass is 1070 g/mol. The molecule has 4 aromatic rings. The summed E-state index contributed by atoms with van der Waals surface area (Å²) in [7, 11) is 2.25. The largest absolute Gasteiger partial charge is 0.508 e. The molecule has 9 nitrogen and oxygen atoms in total. The normalized spacial score (nSPS) is 30.9. The Morgan fingerprint density at radius 1 is 0.679 bits per heavy atom. The standard InChI is InChI=1S/C25H37NO2.C21H27NO2.C20H29NO2.3CH4/c1-24-14-15-26(3)23(16-19-9-11-21(28)17-22(19)24)25(24,2)13-12-20(27)10-8-18-6-4-5-7-18;1-3-18-20-12-15-7-8-16(23)13-19(15)21(18,4-2)9-10-22(20)14-17-6-5-11-24-17;1-4-20-9-10-21(13-19(23)7-8-19)17(18(20,2)3)11-14-5-6-15(22)12-16(14)20;;;/h9,11,17-18,23,28H,4-8,10,12-16H2,1-3H3;5-8,11,13,18,20,23H,3-4,9-10,12,14H2,1-2H3;5-6,12,17,22-23H,4,7-11,13H2,1-3H3;3*1H4/t23?,24-,25-;18-,20?,21-;17?,20-;;;/m101.../s1. The van der Waals surface area contributed by atoms with Crippen LogP contribution in [0.15, 0.2) is 77.4 Å². The number of phenols is 3. The maximum atomic E-state index is 12.7. The molecule has 0 spiro atoms. The Bertz CT molecular complexity index is 2650. The van der Waals surface area contributed by atoms with Crippen LogP contribution in [0.25, 0.3) is 0 Å². The molecule has 5 aliphatic carbocycles. The van der Waals surface area contributed by atoms with Crippen LogP contribution in [0.1, 0.15) is 213 Å². The number of phenolic OH excluding ortho intramolecular Hbond substituents is 3. The van der Waals surface area contributed by atoms with Crippen LogP contribution < -0.4 is 0 Å². The Morgan fingerprint density at radius 3 is 1.88 bits per heavy atom. The number of furan rings is 1. The minimum absolute atomic E-state index is 0. The summed E-state index contributed by atoms with van der Waals surface area (Å²) in [6, 6.07) is 23.5. The zero-order valence-electron chi connectivity index (χ0n) is 47.2. The van der Waals surface area contributed by atoms with Crippen LogP contribution in [-0.4, -0.2) is 97.9 Å². The van der Waals surface area contributed by atoms with E-state index in [1.165, 1.54) is 65.5 Å². The average molecular weight is 1070 g/mol. The highest BCUT2D eigenvalue weighted by molar-refractivity contribution is 5.78. The van der Waals surface area contributed by atoms with E-state index in [4.69, 9.17) is 4.42 Å². The first-order chi connectivity index (χ1) is 35.8. The molecule has 8 aliphatic rings. The number of aliphatic hydroxyl groups is 1. The Hall–Kier alpha value is -4.15. The molecule has 3 aromatic carbocycles. The van der Waals surface area contributed by atoms with Gasteiger partial charge in [0.1, 0.15) is 28.8 Å². The van der Waals surface area contributed by atoms with Gasteiger partial charge in [-0.3, -0.25) is 14.6 Å². The van der Waals surface area contributed by atoms with Gasteiger partial charge in [0.2, 0.25) is 0 Å². The third-order valence-electron chi connectivity index (χ3n) is 22.7. The van der Waals surface area contributed by atoms with Crippen LogP contribution in [0.2, 0.25) is 0 Å². The van der Waals surface area contributed by atoms with Crippen molar-refractivity contribution in [2.45, 2.75) is 239 Å². The summed E-state index contributed by atoms with van der Waals surface area (Å²) in [6.07, 6.45) is 22.5. The third-order valence-corrected chi connectivity index (χ3v) is 22.7. The first-order valence-electron chi connectivity index (χ1n) is 29.7. The number of Topliss-reactive ketones (excluding diaryl/α,β-unsaturated/α-hetero) is 1. The smallest absolute Gasteiger partial charge is 0.132 e. The van der Waals surface area contributed by atoms with Gasteiger partial charge in [-0.05, 0) is 208 Å². The van der Waals surface area contributed by atoms with Gasteiger partial charge in [0.25, 0.3) is 0 Å². The van der Waals surface area contributed by atoms with Gasteiger partial charge in [-0.25, -0.2) is 0 Å². The number of fused-ring (bicyclic) bond motifs is 12. The summed E-state index contributed by atoms with van der Waals surface area (Å²) < 4.78 is 5.60. The van der Waals surface area contributed by atoms with E-state index < -0.39 is 5.60 Å². The molecule has 0 amide bonds. The summed E-state index contributed by atoms with van der Waals surface area (Å²) >= 11 is 0. The van der Waals surface area contributed by atoms with Gasteiger partial charge in [-0.2, -0.15) is 0 Å². The molecule has 4 heterocycles. The first-order valence-corrected chi connectivity index (χ1v) is 29.7. The number of rotatable bonds is 13. The van der Waals surface area contributed by atoms with Gasteiger partial charge in [0, 0.05) is 53.8 Å². The lowest BCUT2D eigenvalue weighted by atomic mass is 9.49. The molecule has 3 aliphatic heterocycles. The van der Waals surface area contributed by atoms with E-state index in [-0.39, 0.29) is 49.4 Å². The van der Waals surface area contributed by atoms with Crippen LogP contribution in [0.3, 0.4) is 0 Å². The maximum absolute atomic E-state index is 12.7. The van der Waals surface area contributed by atoms with Crippen molar-refractivity contribution in [1.82, 2.24) is 14.7 Å². The molecule has 78 heavy (non-hydrogen) atoms. The van der Waals surface area contributed by atoms with E-state index in [1.54, 1.807) is 6.26 Å². The topological polar surface area (TPSA) is 121 Å². The fourth-order valence-electron chi connectivity index (χ4n) is 17.6. The zero-order chi connectivity index (χ0) is 53.1. The number of hydrogen-bond acceptors (Lipinski definition) is 9. The fraction of sp³-hybridized carbons (Fsp3) is 0.667. The van der Waals surface area contributed by atoms with Gasteiger partial charge in [0.15, 0.2) is 0 Å². The fourth-order valence-corrected chi connectivity index (χ4v) is 17.6. The van der Waals surface area contributed by atoms with Crippen molar-refractivity contribution in [3.8, 4) is 17.2 Å². The SMILES string of the molecule is C.C.C.CC[C@@]12CCN(CC3(O)CC3)C(Cc3ccc(O)cc31)C2(C)C.CC[C@H]1C2Cc3ccc(O)cc3[C@@]1(CC)CCN2Cc1ccco1.CN1CC[C@]2(C)c3cc(O)ccc3CC1[C@@]2(C)CCC(=O)CCC1CCCC1. The van der Waals surface area contributed by atoms with E-state index in [1.807, 2.05) is 42.5 Å². The Labute approximate surface area is 472 Å². The minimum atomic E-state index is -0.419. The number of nitrogens with zero attached hydrogens (tertiary/aromatic N) is 3. The molecular formula is C69H105N3O6. The zero-order valence-corrected chi connectivity index (χ0v) is 47.2. The minimum Gasteiger partial charge on any atom is -0.508 e. The second-order valence-electron chi connectivity index (χ2n) is 26.4. The van der Waals surface area contributed by atoms with E-state index in [9.17, 15) is 25.2 Å². The molecule has 8 atom stereocenters. The lowest BCUT2D eigenvalue weighted by Gasteiger charge is -2.62. The number of ketones is 1. The van der Waals surface area contributed by atoms with Crippen molar-refractivity contribution in [2.75, 3.05) is 33.2 Å². The van der Waals surface area contributed by atoms with Gasteiger partial charge >= 0.3 is 0 Å². The van der Waals surface area contributed by atoms with Crippen LogP contribution in [-0.2, 0) is 46.8 Å². The van der Waals surface area contributed by atoms with Crippen LogP contribution >= 0.6 is 0 Å². The molecule has 3 saturated heterocycles. The molecule has 2 saturated carbocycles. The lowest BCUT2D eigenvalue weighted by molar-refractivity contribution is -0.121. The summed E-state index contributed by atoms with van der Waals surface area (Å²) in [6.45, 7) is 21.5. The predicted octanol–water partition coefficient (Wildman–Crippen LogP) is 14.9. The molecule has 6 bridgehead atoms. The van der Waals surface area contributed by atoms with Gasteiger partial charge < -0.3 is 29.7 Å². The second kappa shape index (κ2) is 23.7. The van der Waals surface area contributed by atoms with E-state index in [0.717, 1.165) is 128 Å². The van der Waals surface area contributed by atoms with Gasteiger partial charge in [-0.15, -0.1) is 0 Å². The number of carbonyl (C=O) groups is 1. The van der Waals surface area contributed by atoms with Gasteiger partial charge in [-0.1, -0.05) is 121 Å². The van der Waals surface area contributed by atoms with Crippen molar-refractivity contribution < 1.29 is 29.6 Å². The van der Waals surface area contributed by atoms with Crippen LogP contribution in [0.4, 0.5) is 0 Å². The Kier molecular flexibility index (Phi) is 18.7. The molecule has 432 valence electrons. The third kappa shape index (κ3) is 10.9. The summed E-state index contributed by atoms with van der Waals surface area (Å²) in [5, 5.41) is 40.7. The van der Waals surface area contributed by atoms with Crippen LogP contribution in [0.5, 0.6) is 17.2 Å². The van der Waals surface area contributed by atoms with E-state index in [2.05, 4.69) is 94.5 Å². The molecule has 9 heteroatoms. The highest BCUT2D eigenvalue weighted by atomic mass is 16.3. The predicted molar refractivity (Wildman–Crippen MR) is 321 cm³/mol. The summed E-state index contributed by atoms with van der Waals surface area (Å²) in [5.74, 6) is 4.12. The average Bonchev–Trinajstić information content (AvgIpc) is 3.85. The number of hydrogen-bond donors (Lipinski definition) is 4. The maximum Gasteiger partial charge on any atom is 0.132 e. The molecule has 12 rings (SSSR count). The molecular weight excluding hydrogens is 967 g/mol. The molecule has 0 radical (unpaired) electrons. The number of piperidine rings is 3. The quantitative estimate of drug-likeness (QED) is 0.104. The lowest BCUT2D eigenvalue weighted by Crippen LogP contribution is -2.65. The Balaban J connectivity index is 0.000000167. The number of likely N-dealkylation sites (N-methyl/N-ethyl adjacent to an activating group) is 1. The summed E-state index contributed by atoms with van der Waals surface area (Å²) in [5.41, 5.74) is 8.43. The van der Waals surface area contributed by atoms with E-state index in [0.29, 0.717) is 53.5 Å². The highest BCUT2D eigenvalue weighted by Gasteiger charge is 2.60. The number of β-amino-alcohol motifs (C(OH)–C–C–N with tert-alkyl or cyclic N) is 1. The highest BCUT2D eigenvalue weighted by Crippen LogP contribution is 2.61. The van der Waals surface area contributed by atoms with Crippen LogP contribution in [0, 0.1) is 22.7 Å². The molecule has 5 fully saturated rings. The van der Waals surface area contributed by atoms with Crippen molar-refractivity contribution in [1.29, 1.82) is 0 Å². The number of carbonyl (C=O) groups excluding carboxylic acids is 1. The van der Waals surface area contributed by atoms with Crippen molar-refractivity contribution in [3.05, 3.63) is 112 Å². The molecule has 1 aromatic heterocycles. The Morgan fingerprint density at radius 2 is 1.28 bits per heavy atom. The van der Waals surface area contributed by atoms with Gasteiger partial charge in [0.05, 0.1) is 18.4 Å². The van der Waals surface area contributed by atoms with Crippen molar-refractivity contribution in [3.63, 3.8) is 0 Å². The number of aromatic hydroxyl groups is 3. The molecule has 3 unspecified atom stereocenters. The molecule has 4 N–H and O–H groups in total. The first kappa shape index (κ1) is 61.5.